The molecule has 1 N–H and O–H groups in total. The SMILES string of the molecule is CCCNc1cc(Sc2nnc(C)s2)nc(C(C)C)n1. The van der Waals surface area contributed by atoms with E-state index in [9.17, 15) is 0 Å². The van der Waals surface area contributed by atoms with Gasteiger partial charge in [0.15, 0.2) is 4.34 Å². The summed E-state index contributed by atoms with van der Waals surface area (Å²) in [6.45, 7) is 9.20. The highest BCUT2D eigenvalue weighted by molar-refractivity contribution is 8.01. The third-order valence-corrected chi connectivity index (χ3v) is 4.30. The Bertz CT molecular complexity index is 568. The zero-order valence-corrected chi connectivity index (χ0v) is 13.8. The van der Waals surface area contributed by atoms with Crippen LogP contribution in [0.15, 0.2) is 15.4 Å². The minimum atomic E-state index is 0.300. The second-order valence-corrected chi connectivity index (χ2v) is 7.17. The molecule has 0 aliphatic rings. The molecule has 0 saturated heterocycles. The third kappa shape index (κ3) is 4.14. The zero-order valence-electron chi connectivity index (χ0n) is 12.2. The van der Waals surface area contributed by atoms with Gasteiger partial charge in [-0.15, -0.1) is 10.2 Å². The lowest BCUT2D eigenvalue weighted by atomic mass is 10.2. The number of nitrogens with zero attached hydrogens (tertiary/aromatic N) is 4. The van der Waals surface area contributed by atoms with Gasteiger partial charge in [-0.05, 0) is 25.1 Å². The van der Waals surface area contributed by atoms with Crippen molar-refractivity contribution in [2.75, 3.05) is 11.9 Å². The quantitative estimate of drug-likeness (QED) is 0.820. The molecule has 0 atom stereocenters. The summed E-state index contributed by atoms with van der Waals surface area (Å²) in [5.74, 6) is 2.04. The Kier molecular flexibility index (Phi) is 5.31. The highest BCUT2D eigenvalue weighted by atomic mass is 32.2. The zero-order chi connectivity index (χ0) is 14.5. The van der Waals surface area contributed by atoms with Crippen LogP contribution in [0.3, 0.4) is 0 Å². The molecule has 0 amide bonds. The summed E-state index contributed by atoms with van der Waals surface area (Å²) >= 11 is 3.12. The van der Waals surface area contributed by atoms with Crippen molar-refractivity contribution < 1.29 is 0 Å². The largest absolute Gasteiger partial charge is 0.370 e. The third-order valence-electron chi connectivity index (χ3n) is 2.49. The van der Waals surface area contributed by atoms with Crippen LogP contribution < -0.4 is 5.32 Å². The van der Waals surface area contributed by atoms with Crippen molar-refractivity contribution in [3.8, 4) is 0 Å². The van der Waals surface area contributed by atoms with Crippen LogP contribution in [0.2, 0.25) is 0 Å². The Morgan fingerprint density at radius 1 is 1.30 bits per heavy atom. The second kappa shape index (κ2) is 6.99. The average molecular weight is 309 g/mol. The molecule has 0 aliphatic carbocycles. The molecule has 2 rings (SSSR count). The first kappa shape index (κ1) is 15.2. The summed E-state index contributed by atoms with van der Waals surface area (Å²) in [7, 11) is 0. The standard InChI is InChI=1S/C13H19N5S2/c1-5-6-14-10-7-11(16-12(15-10)8(2)3)20-13-18-17-9(4)19-13/h7-8H,5-6H2,1-4H3,(H,14,15,16). The maximum Gasteiger partial charge on any atom is 0.180 e. The minimum absolute atomic E-state index is 0.300. The topological polar surface area (TPSA) is 63.6 Å². The lowest BCUT2D eigenvalue weighted by Gasteiger charge is -2.10. The van der Waals surface area contributed by atoms with Crippen LogP contribution in [0.4, 0.5) is 5.82 Å². The fourth-order valence-corrected chi connectivity index (χ4v) is 3.28. The van der Waals surface area contributed by atoms with Gasteiger partial charge in [-0.1, -0.05) is 32.1 Å². The molecule has 2 aromatic heterocycles. The number of hydrogen-bond acceptors (Lipinski definition) is 7. The molecule has 0 aromatic carbocycles. The van der Waals surface area contributed by atoms with Crippen LogP contribution in [0.1, 0.15) is 43.9 Å². The maximum absolute atomic E-state index is 4.60. The first-order chi connectivity index (χ1) is 9.58. The summed E-state index contributed by atoms with van der Waals surface area (Å²) in [6, 6.07) is 1.98. The van der Waals surface area contributed by atoms with Gasteiger partial charge < -0.3 is 5.32 Å². The first-order valence-corrected chi connectivity index (χ1v) is 8.32. The van der Waals surface area contributed by atoms with E-state index in [4.69, 9.17) is 0 Å². The van der Waals surface area contributed by atoms with Gasteiger partial charge in [-0.3, -0.25) is 0 Å². The Morgan fingerprint density at radius 2 is 2.10 bits per heavy atom. The van der Waals surface area contributed by atoms with Gasteiger partial charge in [-0.2, -0.15) is 0 Å². The number of anilines is 1. The molecule has 108 valence electrons. The summed E-state index contributed by atoms with van der Waals surface area (Å²) in [4.78, 5) is 9.15. The van der Waals surface area contributed by atoms with Crippen molar-refractivity contribution in [3.05, 3.63) is 16.9 Å². The lowest BCUT2D eigenvalue weighted by molar-refractivity contribution is 0.753. The number of hydrogen-bond donors (Lipinski definition) is 1. The van der Waals surface area contributed by atoms with Crippen LogP contribution >= 0.6 is 23.1 Å². The Balaban J connectivity index is 2.23. The summed E-state index contributed by atoms with van der Waals surface area (Å²) < 4.78 is 0.914. The van der Waals surface area contributed by atoms with Crippen molar-refractivity contribution in [2.24, 2.45) is 0 Å². The molecule has 0 spiro atoms. The van der Waals surface area contributed by atoms with Gasteiger partial charge >= 0.3 is 0 Å². The maximum atomic E-state index is 4.60. The van der Waals surface area contributed by atoms with Crippen LogP contribution in [0.25, 0.3) is 0 Å². The van der Waals surface area contributed by atoms with Crippen LogP contribution in [0, 0.1) is 6.92 Å². The normalized spacial score (nSPS) is 11.1. The Hall–Kier alpha value is -1.21. The molecular formula is C13H19N5S2. The molecule has 2 aromatic rings. The highest BCUT2D eigenvalue weighted by Crippen LogP contribution is 2.30. The van der Waals surface area contributed by atoms with Gasteiger partial charge in [0.1, 0.15) is 21.7 Å². The van der Waals surface area contributed by atoms with E-state index in [0.717, 1.165) is 39.0 Å². The molecule has 20 heavy (non-hydrogen) atoms. The van der Waals surface area contributed by atoms with Crippen LogP contribution in [0.5, 0.6) is 0 Å². The molecular weight excluding hydrogens is 290 g/mol. The van der Waals surface area contributed by atoms with Crippen LogP contribution in [-0.2, 0) is 0 Å². The molecule has 7 heteroatoms. The summed E-state index contributed by atoms with van der Waals surface area (Å²) in [5, 5.41) is 13.4. The highest BCUT2D eigenvalue weighted by Gasteiger charge is 2.11. The lowest BCUT2D eigenvalue weighted by Crippen LogP contribution is -2.06. The van der Waals surface area contributed by atoms with Gasteiger partial charge in [-0.25, -0.2) is 9.97 Å². The summed E-state index contributed by atoms with van der Waals surface area (Å²) in [6.07, 6.45) is 1.07. The number of aromatic nitrogens is 4. The van der Waals surface area contributed by atoms with E-state index in [2.05, 4.69) is 46.3 Å². The van der Waals surface area contributed by atoms with Crippen molar-refractivity contribution in [3.63, 3.8) is 0 Å². The smallest absolute Gasteiger partial charge is 0.180 e. The number of aryl methyl sites for hydroxylation is 1. The monoisotopic (exact) mass is 309 g/mol. The van der Waals surface area contributed by atoms with Crippen molar-refractivity contribution >= 4 is 28.9 Å². The fourth-order valence-electron chi connectivity index (χ4n) is 1.51. The molecule has 0 radical (unpaired) electrons. The van der Waals surface area contributed by atoms with Gasteiger partial charge in [0, 0.05) is 18.5 Å². The Labute approximate surface area is 127 Å². The van der Waals surface area contributed by atoms with E-state index in [1.165, 1.54) is 0 Å². The van der Waals surface area contributed by atoms with Crippen LogP contribution in [-0.4, -0.2) is 26.7 Å². The number of rotatable bonds is 6. The second-order valence-electron chi connectivity index (χ2n) is 4.72. The molecule has 0 aliphatic heterocycles. The van der Waals surface area contributed by atoms with Crippen molar-refractivity contribution in [2.45, 2.75) is 49.4 Å². The van der Waals surface area contributed by atoms with E-state index in [1.54, 1.807) is 23.1 Å². The minimum Gasteiger partial charge on any atom is -0.370 e. The Morgan fingerprint density at radius 3 is 2.70 bits per heavy atom. The first-order valence-electron chi connectivity index (χ1n) is 6.69. The number of nitrogens with one attached hydrogen (secondary N) is 1. The van der Waals surface area contributed by atoms with Crippen molar-refractivity contribution in [1.29, 1.82) is 0 Å². The molecule has 0 bridgehead atoms. The van der Waals surface area contributed by atoms with E-state index in [0.29, 0.717) is 5.92 Å². The molecule has 5 nitrogen and oxygen atoms in total. The molecule has 2 heterocycles. The van der Waals surface area contributed by atoms with Gasteiger partial charge in [0.2, 0.25) is 0 Å². The van der Waals surface area contributed by atoms with E-state index < -0.39 is 0 Å². The van der Waals surface area contributed by atoms with Crippen molar-refractivity contribution in [1.82, 2.24) is 20.2 Å². The average Bonchev–Trinajstić information content (AvgIpc) is 2.81. The summed E-state index contributed by atoms with van der Waals surface area (Å²) in [5.41, 5.74) is 0. The molecule has 0 saturated carbocycles. The fraction of sp³-hybridized carbons (Fsp3) is 0.538. The molecule has 0 unspecified atom stereocenters. The predicted octanol–water partition coefficient (Wildman–Crippen LogP) is 3.73. The van der Waals surface area contributed by atoms with E-state index >= 15 is 0 Å². The predicted molar refractivity (Wildman–Crippen MR) is 83.7 cm³/mol. The van der Waals surface area contributed by atoms with E-state index in [-0.39, 0.29) is 0 Å². The van der Waals surface area contributed by atoms with Gasteiger partial charge in [0.25, 0.3) is 0 Å². The van der Waals surface area contributed by atoms with Gasteiger partial charge in [0.05, 0.1) is 0 Å². The molecule has 0 fully saturated rings. The van der Waals surface area contributed by atoms with E-state index in [1.807, 2.05) is 13.0 Å².